The van der Waals surface area contributed by atoms with Crippen molar-refractivity contribution in [3.63, 3.8) is 0 Å². The van der Waals surface area contributed by atoms with Crippen LogP contribution in [-0.2, 0) is 7.05 Å². The van der Waals surface area contributed by atoms with Gasteiger partial charge in [0.25, 0.3) is 5.91 Å². The topological polar surface area (TPSA) is 128 Å². The average molecular weight is 366 g/mol. The highest BCUT2D eigenvalue weighted by atomic mass is 16.2. The van der Waals surface area contributed by atoms with Crippen LogP contribution in [0.3, 0.4) is 0 Å². The van der Waals surface area contributed by atoms with Gasteiger partial charge in [0.05, 0.1) is 5.54 Å². The maximum absolute atomic E-state index is 12.3. The molecule has 1 atom stereocenters. The number of benzene rings is 1. The van der Waals surface area contributed by atoms with E-state index in [0.717, 1.165) is 6.42 Å². The second-order valence-corrected chi connectivity index (χ2v) is 6.66. The number of anilines is 2. The predicted octanol–water partition coefficient (Wildman–Crippen LogP) is 2.16. The van der Waals surface area contributed by atoms with E-state index in [1.807, 2.05) is 31.2 Å². The van der Waals surface area contributed by atoms with Crippen molar-refractivity contribution in [2.75, 3.05) is 11.1 Å². The Kier molecular flexibility index (Phi) is 4.72. The van der Waals surface area contributed by atoms with Crippen LogP contribution in [0.5, 0.6) is 0 Å². The largest absolute Gasteiger partial charge is 0.383 e. The fraction of sp³-hybridized carbons (Fsp3) is 0.211. The Bertz CT molecular complexity index is 942. The van der Waals surface area contributed by atoms with Crippen LogP contribution in [0, 0.1) is 0 Å². The van der Waals surface area contributed by atoms with E-state index in [9.17, 15) is 9.59 Å². The number of allylic oxidation sites excluding steroid dienone is 2. The molecule has 2 aromatic rings. The lowest BCUT2D eigenvalue weighted by Gasteiger charge is -2.27. The van der Waals surface area contributed by atoms with Crippen molar-refractivity contribution < 1.29 is 9.59 Å². The van der Waals surface area contributed by atoms with Gasteiger partial charge in [0.2, 0.25) is 0 Å². The molecule has 140 valence electrons. The van der Waals surface area contributed by atoms with Crippen LogP contribution in [0.1, 0.15) is 23.7 Å². The number of rotatable bonds is 4. The molecule has 1 heterocycles. The molecule has 3 amide bonds. The van der Waals surface area contributed by atoms with Gasteiger partial charge >= 0.3 is 6.03 Å². The lowest BCUT2D eigenvalue weighted by Crippen LogP contribution is -2.46. The second-order valence-electron chi connectivity index (χ2n) is 6.66. The summed E-state index contributed by atoms with van der Waals surface area (Å²) in [6.07, 6.45) is 8.54. The van der Waals surface area contributed by atoms with Crippen LogP contribution in [0.15, 0.2) is 48.6 Å². The number of nitrogens with zero attached hydrogens (tertiary/aromatic N) is 2. The third-order valence-corrected chi connectivity index (χ3v) is 4.41. The van der Waals surface area contributed by atoms with Gasteiger partial charge in [-0.15, -0.1) is 0 Å². The zero-order valence-corrected chi connectivity index (χ0v) is 15.2. The van der Waals surface area contributed by atoms with E-state index in [-0.39, 0.29) is 17.4 Å². The maximum atomic E-state index is 12.3. The van der Waals surface area contributed by atoms with Crippen LogP contribution in [0.4, 0.5) is 16.3 Å². The van der Waals surface area contributed by atoms with Gasteiger partial charge in [0.1, 0.15) is 17.1 Å². The number of aryl methyl sites for hydroxylation is 1. The van der Waals surface area contributed by atoms with Gasteiger partial charge in [-0.3, -0.25) is 9.48 Å². The van der Waals surface area contributed by atoms with E-state index in [1.54, 1.807) is 31.3 Å². The van der Waals surface area contributed by atoms with Crippen LogP contribution in [-0.4, -0.2) is 27.3 Å². The molecule has 1 aliphatic carbocycles. The number of nitrogens with one attached hydrogen (secondary N) is 2. The quantitative estimate of drug-likeness (QED) is 0.661. The third kappa shape index (κ3) is 3.84. The molecule has 8 nitrogen and oxygen atoms in total. The molecule has 27 heavy (non-hydrogen) atoms. The summed E-state index contributed by atoms with van der Waals surface area (Å²) in [5.41, 5.74) is 12.7. The molecule has 0 saturated carbocycles. The first-order valence-corrected chi connectivity index (χ1v) is 8.45. The number of carbonyl (C=O) groups is 2. The summed E-state index contributed by atoms with van der Waals surface area (Å²) < 4.78 is 1.40. The lowest BCUT2D eigenvalue weighted by atomic mass is 9.94. The van der Waals surface area contributed by atoms with E-state index < -0.39 is 11.4 Å². The highest BCUT2D eigenvalue weighted by Gasteiger charge is 2.23. The molecule has 0 radical (unpaired) electrons. The molecule has 8 heteroatoms. The number of carbonyl (C=O) groups excluding carboxylic acids is 2. The molecule has 1 aromatic carbocycles. The number of nitrogen functional groups attached to an aromatic ring is 1. The summed E-state index contributed by atoms with van der Waals surface area (Å²) in [6, 6.07) is 6.64. The summed E-state index contributed by atoms with van der Waals surface area (Å²) >= 11 is 0. The van der Waals surface area contributed by atoms with Crippen molar-refractivity contribution in [3.8, 4) is 11.3 Å². The minimum absolute atomic E-state index is 0.181. The number of hydrogen-bond donors (Lipinski definition) is 4. The van der Waals surface area contributed by atoms with Crippen molar-refractivity contribution in [1.29, 1.82) is 0 Å². The zero-order chi connectivity index (χ0) is 19.6. The van der Waals surface area contributed by atoms with Crippen molar-refractivity contribution in [3.05, 3.63) is 54.1 Å². The van der Waals surface area contributed by atoms with E-state index in [2.05, 4.69) is 15.7 Å². The Morgan fingerprint density at radius 3 is 2.52 bits per heavy atom. The molecule has 1 aliphatic rings. The van der Waals surface area contributed by atoms with Gasteiger partial charge in [0.15, 0.2) is 0 Å². The van der Waals surface area contributed by atoms with Crippen LogP contribution < -0.4 is 22.1 Å². The highest BCUT2D eigenvalue weighted by molar-refractivity contribution is 6.03. The first-order chi connectivity index (χ1) is 12.8. The fourth-order valence-electron chi connectivity index (χ4n) is 2.94. The molecule has 0 spiro atoms. The minimum Gasteiger partial charge on any atom is -0.383 e. The van der Waals surface area contributed by atoms with E-state index in [0.29, 0.717) is 16.9 Å². The highest BCUT2D eigenvalue weighted by Crippen LogP contribution is 2.27. The normalized spacial score (nSPS) is 18.3. The molecule has 6 N–H and O–H groups in total. The van der Waals surface area contributed by atoms with Gasteiger partial charge < -0.3 is 22.1 Å². The molecule has 1 aromatic heterocycles. The Morgan fingerprint density at radius 1 is 1.22 bits per heavy atom. The summed E-state index contributed by atoms with van der Waals surface area (Å²) in [4.78, 5) is 23.9. The SMILES string of the molecule is Cn1nc(-c2ccc(NC(=O)NC3(C)C=CC=CC3)cc2)c(C(N)=O)c1N. The first kappa shape index (κ1) is 18.2. The smallest absolute Gasteiger partial charge is 0.319 e. The Labute approximate surface area is 156 Å². The van der Waals surface area contributed by atoms with Crippen molar-refractivity contribution >= 4 is 23.4 Å². The van der Waals surface area contributed by atoms with Gasteiger partial charge in [-0.2, -0.15) is 5.10 Å². The standard InChI is InChI=1S/C19H22N6O2/c1-19(10-4-3-5-11-19)23-18(27)22-13-8-6-12(7-9-13)15-14(17(21)26)16(20)25(2)24-15/h3-10H,11,20H2,1-2H3,(H2,21,26)(H2,22,23,27). The first-order valence-electron chi connectivity index (χ1n) is 8.45. The van der Waals surface area contributed by atoms with Crippen LogP contribution in [0.25, 0.3) is 11.3 Å². The van der Waals surface area contributed by atoms with E-state index in [4.69, 9.17) is 11.5 Å². The second kappa shape index (κ2) is 6.99. The summed E-state index contributed by atoms with van der Waals surface area (Å²) in [6.45, 7) is 1.95. The number of urea groups is 1. The number of hydrogen-bond acceptors (Lipinski definition) is 4. The molecule has 0 aliphatic heterocycles. The van der Waals surface area contributed by atoms with Crippen molar-refractivity contribution in [2.45, 2.75) is 18.9 Å². The molecular formula is C19H22N6O2. The Hall–Kier alpha value is -3.55. The third-order valence-electron chi connectivity index (χ3n) is 4.41. The molecule has 0 bridgehead atoms. The number of nitrogens with two attached hydrogens (primary N) is 2. The number of amides is 3. The minimum atomic E-state index is -0.639. The summed E-state index contributed by atoms with van der Waals surface area (Å²) in [5, 5.41) is 10.00. The molecule has 3 rings (SSSR count). The molecule has 1 unspecified atom stereocenters. The van der Waals surface area contributed by atoms with Crippen molar-refractivity contribution in [2.24, 2.45) is 12.8 Å². The van der Waals surface area contributed by atoms with Gasteiger partial charge in [-0.05, 0) is 25.5 Å². The summed E-state index contributed by atoms with van der Waals surface area (Å²) in [7, 11) is 1.64. The van der Waals surface area contributed by atoms with E-state index in [1.165, 1.54) is 4.68 Å². The lowest BCUT2D eigenvalue weighted by molar-refractivity contribution is 0.100. The number of primary amides is 1. The summed E-state index contributed by atoms with van der Waals surface area (Å²) in [5.74, 6) is -0.429. The molecule has 0 saturated heterocycles. The van der Waals surface area contributed by atoms with Crippen LogP contribution >= 0.6 is 0 Å². The van der Waals surface area contributed by atoms with E-state index >= 15 is 0 Å². The van der Waals surface area contributed by atoms with Crippen LogP contribution in [0.2, 0.25) is 0 Å². The Morgan fingerprint density at radius 2 is 1.93 bits per heavy atom. The average Bonchev–Trinajstić information content (AvgIpc) is 2.91. The zero-order valence-electron chi connectivity index (χ0n) is 15.2. The predicted molar refractivity (Wildman–Crippen MR) is 105 cm³/mol. The molecule has 0 fully saturated rings. The monoisotopic (exact) mass is 366 g/mol. The number of aromatic nitrogens is 2. The fourth-order valence-corrected chi connectivity index (χ4v) is 2.94. The van der Waals surface area contributed by atoms with Gasteiger partial charge in [0, 0.05) is 18.3 Å². The maximum Gasteiger partial charge on any atom is 0.319 e. The Balaban J connectivity index is 1.74. The van der Waals surface area contributed by atoms with Crippen molar-refractivity contribution in [1.82, 2.24) is 15.1 Å². The molecular weight excluding hydrogens is 344 g/mol. The van der Waals surface area contributed by atoms with Gasteiger partial charge in [-0.25, -0.2) is 4.79 Å². The van der Waals surface area contributed by atoms with Gasteiger partial charge in [-0.1, -0.05) is 36.4 Å².